The highest BCUT2D eigenvalue weighted by atomic mass is 16.7. The number of fused-ring (bicyclic) bond motifs is 4. The molecular weight excluding hydrogens is 470 g/mol. The van der Waals surface area contributed by atoms with Gasteiger partial charge in [-0.1, -0.05) is 18.2 Å². The molecule has 0 saturated carbocycles. The summed E-state index contributed by atoms with van der Waals surface area (Å²) in [5.41, 5.74) is 5.15. The molecule has 0 radical (unpaired) electrons. The third kappa shape index (κ3) is 3.97. The second-order valence-electron chi connectivity index (χ2n) is 9.98. The minimum Gasteiger partial charge on any atom is -0.454 e. The van der Waals surface area contributed by atoms with E-state index in [2.05, 4.69) is 11.4 Å². The first kappa shape index (κ1) is 23.4. The number of ether oxygens (including phenoxy) is 2. The zero-order valence-electron chi connectivity index (χ0n) is 20.8. The third-order valence-electron chi connectivity index (χ3n) is 7.62. The molecule has 2 N–H and O–H groups in total. The summed E-state index contributed by atoms with van der Waals surface area (Å²) in [7, 11) is 3.47. The van der Waals surface area contributed by atoms with Crippen LogP contribution in [0, 0.1) is 5.92 Å². The highest BCUT2D eigenvalue weighted by molar-refractivity contribution is 5.96. The summed E-state index contributed by atoms with van der Waals surface area (Å²) in [5, 5.41) is 13.6. The van der Waals surface area contributed by atoms with Crippen molar-refractivity contribution in [2.24, 2.45) is 5.92 Å². The van der Waals surface area contributed by atoms with E-state index in [1.807, 2.05) is 41.3 Å². The van der Waals surface area contributed by atoms with Gasteiger partial charge in [-0.3, -0.25) is 9.59 Å². The predicted octanol–water partition coefficient (Wildman–Crippen LogP) is 3.77. The zero-order chi connectivity index (χ0) is 25.7. The van der Waals surface area contributed by atoms with E-state index < -0.39 is 0 Å². The minimum absolute atomic E-state index is 0.00419. The molecule has 8 nitrogen and oxygen atoms in total. The molecule has 1 fully saturated rings. The number of rotatable bonds is 4. The molecular formula is C29H29N3O5. The van der Waals surface area contributed by atoms with Crippen molar-refractivity contribution >= 4 is 17.5 Å². The van der Waals surface area contributed by atoms with Gasteiger partial charge < -0.3 is 29.7 Å². The fourth-order valence-corrected chi connectivity index (χ4v) is 5.73. The van der Waals surface area contributed by atoms with E-state index in [1.54, 1.807) is 37.2 Å². The quantitative estimate of drug-likeness (QED) is 0.568. The Kier molecular flexibility index (Phi) is 5.76. The first-order valence-corrected chi connectivity index (χ1v) is 12.5. The maximum Gasteiger partial charge on any atom is 0.254 e. The van der Waals surface area contributed by atoms with Crippen molar-refractivity contribution in [3.8, 4) is 22.6 Å². The molecule has 37 heavy (non-hydrogen) atoms. The van der Waals surface area contributed by atoms with E-state index in [0.717, 1.165) is 28.8 Å². The van der Waals surface area contributed by atoms with Gasteiger partial charge in [-0.15, -0.1) is 0 Å². The van der Waals surface area contributed by atoms with Gasteiger partial charge in [0, 0.05) is 43.4 Å². The summed E-state index contributed by atoms with van der Waals surface area (Å²) < 4.78 is 10.9. The number of anilines is 1. The first-order valence-electron chi connectivity index (χ1n) is 12.5. The van der Waals surface area contributed by atoms with Crippen molar-refractivity contribution in [3.05, 3.63) is 77.4 Å². The van der Waals surface area contributed by atoms with E-state index in [0.29, 0.717) is 29.2 Å². The molecule has 3 aromatic rings. The van der Waals surface area contributed by atoms with Crippen LogP contribution in [-0.2, 0) is 0 Å². The van der Waals surface area contributed by atoms with E-state index in [-0.39, 0.29) is 43.2 Å². The van der Waals surface area contributed by atoms with Gasteiger partial charge in [-0.25, -0.2) is 0 Å². The van der Waals surface area contributed by atoms with Gasteiger partial charge in [0.2, 0.25) is 6.79 Å². The van der Waals surface area contributed by atoms with Gasteiger partial charge in [-0.2, -0.15) is 0 Å². The number of nitrogens with one attached hydrogen (secondary N) is 1. The molecule has 190 valence electrons. The Morgan fingerprint density at radius 1 is 0.973 bits per heavy atom. The van der Waals surface area contributed by atoms with Gasteiger partial charge in [0.25, 0.3) is 11.8 Å². The number of benzene rings is 3. The Morgan fingerprint density at radius 2 is 1.70 bits per heavy atom. The first-order chi connectivity index (χ1) is 17.9. The summed E-state index contributed by atoms with van der Waals surface area (Å²) in [4.78, 5) is 29.5. The number of likely N-dealkylation sites (tertiary alicyclic amines) is 1. The van der Waals surface area contributed by atoms with Crippen LogP contribution in [0.1, 0.15) is 38.7 Å². The highest BCUT2D eigenvalue weighted by Crippen LogP contribution is 2.48. The summed E-state index contributed by atoms with van der Waals surface area (Å²) in [6.07, 6.45) is 0.796. The Morgan fingerprint density at radius 3 is 2.46 bits per heavy atom. The molecule has 3 aliphatic heterocycles. The lowest BCUT2D eigenvalue weighted by Gasteiger charge is -2.39. The number of hydrogen-bond acceptors (Lipinski definition) is 6. The number of carbonyl (C=O) groups is 2. The monoisotopic (exact) mass is 499 g/mol. The van der Waals surface area contributed by atoms with Crippen molar-refractivity contribution in [2.75, 3.05) is 39.4 Å². The van der Waals surface area contributed by atoms with Crippen LogP contribution in [0.3, 0.4) is 0 Å². The molecule has 3 aliphatic rings. The number of nitrogens with zero attached hydrogens (tertiary/aromatic N) is 2. The molecule has 2 amide bonds. The van der Waals surface area contributed by atoms with Gasteiger partial charge in [0.1, 0.15) is 0 Å². The topological polar surface area (TPSA) is 91.3 Å². The summed E-state index contributed by atoms with van der Waals surface area (Å²) in [6.45, 7) is 0.757. The van der Waals surface area contributed by atoms with Crippen LogP contribution < -0.4 is 14.8 Å². The van der Waals surface area contributed by atoms with Crippen LogP contribution in [0.2, 0.25) is 0 Å². The van der Waals surface area contributed by atoms with Crippen LogP contribution in [0.15, 0.2) is 60.7 Å². The lowest BCUT2D eigenvalue weighted by Crippen LogP contribution is -2.42. The van der Waals surface area contributed by atoms with Crippen LogP contribution in [0.4, 0.5) is 5.69 Å². The Hall–Kier alpha value is -4.04. The Bertz CT molecular complexity index is 1370. The second kappa shape index (κ2) is 9.12. The molecule has 0 spiro atoms. The largest absolute Gasteiger partial charge is 0.454 e. The second-order valence-corrected chi connectivity index (χ2v) is 9.98. The molecule has 3 heterocycles. The van der Waals surface area contributed by atoms with Crippen molar-refractivity contribution in [1.29, 1.82) is 0 Å². The third-order valence-corrected chi connectivity index (χ3v) is 7.62. The normalized spacial score (nSPS) is 21.2. The maximum atomic E-state index is 13.7. The molecule has 3 atom stereocenters. The van der Waals surface area contributed by atoms with Crippen LogP contribution in [-0.4, -0.2) is 66.8 Å². The average Bonchev–Trinajstić information content (AvgIpc) is 3.59. The smallest absolute Gasteiger partial charge is 0.254 e. The number of carbonyl (C=O) groups excluding carboxylic acids is 2. The number of aliphatic hydroxyl groups is 1. The van der Waals surface area contributed by atoms with Crippen LogP contribution in [0.25, 0.3) is 11.1 Å². The molecule has 0 aliphatic carbocycles. The molecule has 0 bridgehead atoms. The Labute approximate surface area is 215 Å². The Balaban J connectivity index is 1.35. The average molecular weight is 500 g/mol. The molecule has 3 aromatic carbocycles. The number of amides is 2. The van der Waals surface area contributed by atoms with Gasteiger partial charge >= 0.3 is 0 Å². The number of aliphatic hydroxyl groups excluding tert-OH is 1. The lowest BCUT2D eigenvalue weighted by molar-refractivity contribution is 0.0700. The van der Waals surface area contributed by atoms with Crippen LogP contribution in [0.5, 0.6) is 11.5 Å². The standard InChI is InChI=1S/C29H29N3O5/c1-31(2)28(34)18-5-3-17(4-6-18)19-7-9-23-22(13-19)27-21(24(15-33)30-23)11-12-32(27)29(35)20-8-10-25-26(14-20)37-16-36-25/h3-10,13-14,21,24,27,30,33H,11-12,15-16H2,1-2H3/t21-,24-,27-/m0/s1. The van der Waals surface area contributed by atoms with Gasteiger partial charge in [0.15, 0.2) is 11.5 Å². The predicted molar refractivity (Wildman–Crippen MR) is 139 cm³/mol. The van der Waals surface area contributed by atoms with Crippen molar-refractivity contribution < 1.29 is 24.2 Å². The summed E-state index contributed by atoms with van der Waals surface area (Å²) >= 11 is 0. The maximum absolute atomic E-state index is 13.7. The molecule has 0 unspecified atom stereocenters. The van der Waals surface area contributed by atoms with E-state index >= 15 is 0 Å². The van der Waals surface area contributed by atoms with E-state index in [4.69, 9.17) is 9.47 Å². The lowest BCUT2D eigenvalue weighted by atomic mass is 9.82. The van der Waals surface area contributed by atoms with Crippen molar-refractivity contribution in [2.45, 2.75) is 18.5 Å². The minimum atomic E-state index is -0.166. The van der Waals surface area contributed by atoms with Crippen molar-refractivity contribution in [1.82, 2.24) is 9.80 Å². The van der Waals surface area contributed by atoms with Gasteiger partial charge in [0.05, 0.1) is 18.7 Å². The summed E-state index contributed by atoms with van der Waals surface area (Å²) in [5.74, 6) is 1.21. The van der Waals surface area contributed by atoms with Crippen molar-refractivity contribution in [3.63, 3.8) is 0 Å². The number of hydrogen-bond donors (Lipinski definition) is 2. The fraction of sp³-hybridized carbons (Fsp3) is 0.310. The summed E-state index contributed by atoms with van der Waals surface area (Å²) in [6, 6.07) is 18.8. The van der Waals surface area contributed by atoms with E-state index in [1.165, 1.54) is 0 Å². The zero-order valence-corrected chi connectivity index (χ0v) is 20.8. The van der Waals surface area contributed by atoms with Crippen LogP contribution >= 0.6 is 0 Å². The fourth-order valence-electron chi connectivity index (χ4n) is 5.73. The SMILES string of the molecule is CN(C)C(=O)c1ccc(-c2ccc3c(c2)[C@@H]2[C@@H](CCN2C(=O)c2ccc4c(c2)OCO4)[C@H](CO)N3)cc1. The molecule has 8 heteroatoms. The highest BCUT2D eigenvalue weighted by Gasteiger charge is 2.46. The van der Waals surface area contributed by atoms with Gasteiger partial charge in [-0.05, 0) is 65.6 Å². The van der Waals surface area contributed by atoms with E-state index in [9.17, 15) is 14.7 Å². The molecule has 6 rings (SSSR count). The molecule has 1 saturated heterocycles. The molecule has 0 aromatic heterocycles.